The summed E-state index contributed by atoms with van der Waals surface area (Å²) >= 11 is 0. The molecule has 0 aromatic heterocycles. The summed E-state index contributed by atoms with van der Waals surface area (Å²) in [7, 11) is 0. The zero-order valence-corrected chi connectivity index (χ0v) is 23.8. The monoisotopic (exact) mass is 530 g/mol. The van der Waals surface area contributed by atoms with Crippen LogP contribution < -0.4 is 9.47 Å². The third kappa shape index (κ3) is 3.64. The molecule has 4 unspecified atom stereocenters. The highest BCUT2D eigenvalue weighted by Crippen LogP contribution is 2.78. The van der Waals surface area contributed by atoms with Crippen LogP contribution in [0.4, 0.5) is 0 Å². The van der Waals surface area contributed by atoms with E-state index in [1.54, 1.807) is 11.1 Å². The fraction of sp³-hybridized carbons (Fsp3) is 0.579. The van der Waals surface area contributed by atoms with Crippen molar-refractivity contribution in [3.05, 3.63) is 59.7 Å². The molecule has 8 aliphatic rings. The van der Waals surface area contributed by atoms with Crippen molar-refractivity contribution < 1.29 is 9.47 Å². The normalized spacial score (nSPS) is 41.9. The van der Waals surface area contributed by atoms with Crippen LogP contribution in [0.3, 0.4) is 0 Å². The van der Waals surface area contributed by atoms with Crippen LogP contribution in [0.1, 0.15) is 88.2 Å². The first-order chi connectivity index (χ1) is 19.5. The Hall–Kier alpha value is -2.84. The highest BCUT2D eigenvalue weighted by atomic mass is 16.5. The molecule has 8 saturated carbocycles. The predicted octanol–water partition coefficient (Wildman–Crippen LogP) is 8.09. The van der Waals surface area contributed by atoms with Crippen molar-refractivity contribution in [3.8, 4) is 36.2 Å². The largest absolute Gasteiger partial charge is 0.481 e. The van der Waals surface area contributed by atoms with Crippen LogP contribution in [0.15, 0.2) is 48.5 Å². The first kappa shape index (κ1) is 24.9. The van der Waals surface area contributed by atoms with Gasteiger partial charge in [-0.15, -0.1) is 12.8 Å². The van der Waals surface area contributed by atoms with Crippen LogP contribution >= 0.6 is 0 Å². The van der Waals surface area contributed by atoms with Crippen molar-refractivity contribution in [3.63, 3.8) is 0 Å². The summed E-state index contributed by atoms with van der Waals surface area (Å²) in [5.74, 6) is 10.6. The zero-order chi connectivity index (χ0) is 27.0. The van der Waals surface area contributed by atoms with Gasteiger partial charge in [0.1, 0.15) is 24.7 Å². The van der Waals surface area contributed by atoms with E-state index in [2.05, 4.69) is 60.4 Å². The summed E-state index contributed by atoms with van der Waals surface area (Å²) in [5.41, 5.74) is 4.85. The standard InChI is InChI=1S/C38H42O2/c1-3-13-39-33-9-5-31(6-10-33)35-17-27-15-28(18-35)22-37(21-27,25-35)38-23-29-16-30(24-38)20-36(19-29,26-38)32-7-11-34(12-8-32)40-14-4-2/h1-2,5-12,27-30H,13-26H2. The average Bonchev–Trinajstić information content (AvgIpc) is 2.94. The molecule has 0 aliphatic heterocycles. The summed E-state index contributed by atoms with van der Waals surface area (Å²) in [6, 6.07) is 18.2. The zero-order valence-electron chi connectivity index (χ0n) is 23.8. The van der Waals surface area contributed by atoms with Gasteiger partial charge in [-0.1, -0.05) is 36.1 Å². The van der Waals surface area contributed by atoms with E-state index in [4.69, 9.17) is 22.3 Å². The first-order valence-electron chi connectivity index (χ1n) is 15.8. The van der Waals surface area contributed by atoms with Gasteiger partial charge in [0.25, 0.3) is 0 Å². The van der Waals surface area contributed by atoms with Crippen molar-refractivity contribution in [2.75, 3.05) is 13.2 Å². The first-order valence-corrected chi connectivity index (χ1v) is 15.8. The number of terminal acetylenes is 2. The van der Waals surface area contributed by atoms with Gasteiger partial charge in [-0.05, 0) is 158 Å². The Labute approximate surface area is 240 Å². The second kappa shape index (κ2) is 8.83. The Morgan fingerprint density at radius 2 is 0.900 bits per heavy atom. The lowest BCUT2D eigenvalue weighted by molar-refractivity contribution is -0.212. The third-order valence-electron chi connectivity index (χ3n) is 12.8. The molecule has 0 radical (unpaired) electrons. The lowest BCUT2D eigenvalue weighted by Crippen LogP contribution is -2.66. The smallest absolute Gasteiger partial charge is 0.148 e. The summed E-state index contributed by atoms with van der Waals surface area (Å²) in [4.78, 5) is 0. The van der Waals surface area contributed by atoms with Gasteiger partial charge in [0.15, 0.2) is 0 Å². The molecule has 8 bridgehead atoms. The summed E-state index contributed by atoms with van der Waals surface area (Å²) in [6.45, 7) is 0.677. The van der Waals surface area contributed by atoms with E-state index in [0.717, 1.165) is 35.2 Å². The molecule has 0 spiro atoms. The Kier molecular flexibility index (Phi) is 5.50. The second-order valence-electron chi connectivity index (χ2n) is 15.1. The number of hydrogen-bond acceptors (Lipinski definition) is 2. The molecule has 2 nitrogen and oxygen atoms in total. The maximum absolute atomic E-state index is 5.74. The second-order valence-corrected chi connectivity index (χ2v) is 15.1. The van der Waals surface area contributed by atoms with E-state index < -0.39 is 0 Å². The van der Waals surface area contributed by atoms with E-state index >= 15 is 0 Å². The van der Waals surface area contributed by atoms with Gasteiger partial charge < -0.3 is 9.47 Å². The lowest BCUT2D eigenvalue weighted by Gasteiger charge is -2.74. The number of ether oxygens (including phenoxy) is 2. The minimum atomic E-state index is 0.338. The van der Waals surface area contributed by atoms with Crippen LogP contribution in [0.25, 0.3) is 0 Å². The molecule has 0 amide bonds. The van der Waals surface area contributed by atoms with Gasteiger partial charge in [-0.25, -0.2) is 0 Å². The minimum absolute atomic E-state index is 0.338. The van der Waals surface area contributed by atoms with Crippen LogP contribution in [0, 0.1) is 59.2 Å². The van der Waals surface area contributed by atoms with E-state index in [1.807, 2.05) is 0 Å². The lowest BCUT2D eigenvalue weighted by atomic mass is 9.30. The van der Waals surface area contributed by atoms with E-state index in [9.17, 15) is 0 Å². The fourth-order valence-electron chi connectivity index (χ4n) is 12.5. The van der Waals surface area contributed by atoms with Gasteiger partial charge in [-0.3, -0.25) is 0 Å². The molecule has 0 heterocycles. The van der Waals surface area contributed by atoms with Crippen molar-refractivity contribution in [2.45, 2.75) is 87.9 Å². The van der Waals surface area contributed by atoms with Gasteiger partial charge in [0.05, 0.1) is 0 Å². The van der Waals surface area contributed by atoms with Gasteiger partial charge in [0.2, 0.25) is 0 Å². The predicted molar refractivity (Wildman–Crippen MR) is 159 cm³/mol. The Bertz CT molecular complexity index is 1230. The van der Waals surface area contributed by atoms with Gasteiger partial charge >= 0.3 is 0 Å². The molecule has 2 heteroatoms. The SMILES string of the molecule is C#CCOc1ccc(C23CC4CC(C2)CC(C25CC6CC(CC(c7ccc(OCC#C)cc7)(C6)C2)C5)(C4)C3)cc1. The van der Waals surface area contributed by atoms with Crippen LogP contribution in [0.2, 0.25) is 0 Å². The maximum Gasteiger partial charge on any atom is 0.148 e. The van der Waals surface area contributed by atoms with Crippen molar-refractivity contribution in [1.82, 2.24) is 0 Å². The highest BCUT2D eigenvalue weighted by Gasteiger charge is 2.70. The van der Waals surface area contributed by atoms with E-state index in [1.165, 1.54) is 77.0 Å². The minimum Gasteiger partial charge on any atom is -0.481 e. The summed E-state index contributed by atoms with van der Waals surface area (Å²) in [6.07, 6.45) is 28.1. The molecule has 40 heavy (non-hydrogen) atoms. The van der Waals surface area contributed by atoms with E-state index in [-0.39, 0.29) is 0 Å². The summed E-state index contributed by atoms with van der Waals surface area (Å²) in [5, 5.41) is 0. The third-order valence-corrected chi connectivity index (χ3v) is 12.8. The molecule has 206 valence electrons. The average molecular weight is 531 g/mol. The Balaban J connectivity index is 1.14. The van der Waals surface area contributed by atoms with Gasteiger partial charge in [-0.2, -0.15) is 0 Å². The fourth-order valence-corrected chi connectivity index (χ4v) is 12.5. The van der Waals surface area contributed by atoms with Gasteiger partial charge in [0, 0.05) is 0 Å². The molecule has 8 aliphatic carbocycles. The molecule has 4 atom stereocenters. The van der Waals surface area contributed by atoms with Crippen molar-refractivity contribution in [1.29, 1.82) is 0 Å². The quantitative estimate of drug-likeness (QED) is 0.337. The molecular formula is C38H42O2. The number of benzene rings is 2. The van der Waals surface area contributed by atoms with Crippen molar-refractivity contribution in [2.24, 2.45) is 34.5 Å². The Morgan fingerprint density at radius 1 is 0.550 bits per heavy atom. The molecule has 8 fully saturated rings. The maximum atomic E-state index is 5.74. The van der Waals surface area contributed by atoms with Crippen LogP contribution in [0.5, 0.6) is 11.5 Å². The highest BCUT2D eigenvalue weighted by molar-refractivity contribution is 5.39. The summed E-state index contributed by atoms with van der Waals surface area (Å²) < 4.78 is 11.5. The topological polar surface area (TPSA) is 18.5 Å². The molecule has 0 N–H and O–H groups in total. The molecule has 2 aromatic carbocycles. The van der Waals surface area contributed by atoms with Crippen molar-refractivity contribution >= 4 is 0 Å². The van der Waals surface area contributed by atoms with Crippen LogP contribution in [-0.2, 0) is 10.8 Å². The number of hydrogen-bond donors (Lipinski definition) is 0. The van der Waals surface area contributed by atoms with E-state index in [0.29, 0.717) is 34.9 Å². The molecular weight excluding hydrogens is 488 g/mol. The Morgan fingerprint density at radius 3 is 1.23 bits per heavy atom. The molecule has 2 aromatic rings. The number of rotatable bonds is 7. The van der Waals surface area contributed by atoms with Crippen LogP contribution in [-0.4, -0.2) is 13.2 Å². The molecule has 10 rings (SSSR count). The molecule has 0 saturated heterocycles.